The molecule has 13 heteroatoms. The Labute approximate surface area is 200 Å². The quantitative estimate of drug-likeness (QED) is 0.330. The normalized spacial score (nSPS) is 11.5. The highest BCUT2D eigenvalue weighted by Gasteiger charge is 2.25. The minimum absolute atomic E-state index is 0.0121. The van der Waals surface area contributed by atoms with Gasteiger partial charge in [-0.05, 0) is 17.5 Å². The second-order valence-corrected chi connectivity index (χ2v) is 9.83. The molecule has 0 atom stereocenters. The SMILES string of the molecule is Bc1c(B)c(C(B)(B)B)c(B)c(B)c1C(=O)Nc1cc2cc(-c3cncn3C)ncc2cn1. The number of pyridine rings is 2. The Bertz CT molecular complexity index is 1390. The zero-order valence-corrected chi connectivity index (χ0v) is 20.7. The Hall–Kier alpha value is -3.09. The van der Waals surface area contributed by atoms with E-state index in [0.717, 1.165) is 38.6 Å². The number of rotatable bonds is 4. The highest BCUT2D eigenvalue weighted by Crippen LogP contribution is 2.22. The molecule has 33 heavy (non-hydrogen) atoms. The third-order valence-corrected chi connectivity index (χ3v) is 6.53. The minimum Gasteiger partial charge on any atom is -0.332 e. The molecular formula is C20H24B7N5O. The van der Waals surface area contributed by atoms with Crippen LogP contribution in [0.2, 0.25) is 0 Å². The largest absolute Gasteiger partial charge is 0.332 e. The lowest BCUT2D eigenvalue weighted by Gasteiger charge is -2.30. The number of aromatic nitrogens is 4. The van der Waals surface area contributed by atoms with Gasteiger partial charge in [0.15, 0.2) is 0 Å². The summed E-state index contributed by atoms with van der Waals surface area (Å²) in [5, 5.41) is 4.90. The standard InChI is InChI=1S/C20H24B7N5O/c1-32-7-28-6-11(32)10-2-8-3-12(30-5-9(8)4-29-10)31-19(33)13-15(21)17(23)14(20(25,26)27)18(24)16(13)22/h2-7H,21-27H2,1H3,(H,30,31,33). The van der Waals surface area contributed by atoms with Gasteiger partial charge in [0, 0.05) is 30.4 Å². The van der Waals surface area contributed by atoms with E-state index in [2.05, 4.69) is 59.5 Å². The van der Waals surface area contributed by atoms with Gasteiger partial charge in [-0.1, -0.05) is 32.5 Å². The average molecular weight is 426 g/mol. The van der Waals surface area contributed by atoms with E-state index in [4.69, 9.17) is 0 Å². The number of hydrogen-bond donors (Lipinski definition) is 1. The number of amides is 1. The first-order chi connectivity index (χ1) is 15.5. The van der Waals surface area contributed by atoms with E-state index in [-0.39, 0.29) is 11.0 Å². The molecule has 1 amide bonds. The van der Waals surface area contributed by atoms with Gasteiger partial charge in [0.25, 0.3) is 5.91 Å². The molecule has 0 spiro atoms. The number of aryl methyl sites for hydroxylation is 1. The molecular weight excluding hydrogens is 402 g/mol. The van der Waals surface area contributed by atoms with E-state index in [1.54, 1.807) is 24.9 Å². The van der Waals surface area contributed by atoms with Crippen LogP contribution in [0.3, 0.4) is 0 Å². The predicted octanol–water partition coefficient (Wildman–Crippen LogP) is -6.67. The van der Waals surface area contributed by atoms with E-state index in [1.165, 1.54) is 16.5 Å². The van der Waals surface area contributed by atoms with E-state index in [1.807, 2.05) is 39.4 Å². The molecule has 0 saturated heterocycles. The first kappa shape index (κ1) is 23.1. The van der Waals surface area contributed by atoms with Crippen molar-refractivity contribution in [2.75, 3.05) is 5.32 Å². The molecule has 0 fully saturated rings. The van der Waals surface area contributed by atoms with Crippen LogP contribution in [0.25, 0.3) is 22.2 Å². The maximum Gasteiger partial charge on any atom is 0.255 e. The molecule has 4 aromatic rings. The maximum atomic E-state index is 13.4. The lowest BCUT2D eigenvalue weighted by molar-refractivity contribution is 0.102. The topological polar surface area (TPSA) is 72.7 Å². The summed E-state index contributed by atoms with van der Waals surface area (Å²) in [5.74, 6) is 0.382. The minimum atomic E-state index is -0.135. The number of nitrogens with zero attached hydrogens (tertiary/aromatic N) is 4. The number of nitrogens with one attached hydrogen (secondary N) is 1. The molecule has 3 heterocycles. The van der Waals surface area contributed by atoms with E-state index in [0.29, 0.717) is 5.82 Å². The zero-order valence-electron chi connectivity index (χ0n) is 20.7. The number of imidazole rings is 1. The van der Waals surface area contributed by atoms with Gasteiger partial charge in [-0.2, -0.15) is 0 Å². The summed E-state index contributed by atoms with van der Waals surface area (Å²) in [4.78, 5) is 26.5. The van der Waals surface area contributed by atoms with Crippen LogP contribution in [0.1, 0.15) is 15.9 Å². The molecule has 0 unspecified atom stereocenters. The van der Waals surface area contributed by atoms with Gasteiger partial charge in [-0.25, -0.2) is 9.97 Å². The number of carbonyl (C=O) groups is 1. The Morgan fingerprint density at radius 2 is 1.55 bits per heavy atom. The molecule has 1 N–H and O–H groups in total. The van der Waals surface area contributed by atoms with Crippen LogP contribution in [0.4, 0.5) is 5.82 Å². The number of benzene rings is 1. The third-order valence-electron chi connectivity index (χ3n) is 6.53. The summed E-state index contributed by atoms with van der Waals surface area (Å²) >= 11 is 0. The predicted molar refractivity (Wildman–Crippen MR) is 156 cm³/mol. The third kappa shape index (κ3) is 4.17. The number of fused-ring (bicyclic) bond motifs is 1. The van der Waals surface area contributed by atoms with Gasteiger partial charge in [0.2, 0.25) is 0 Å². The van der Waals surface area contributed by atoms with Crippen LogP contribution in [-0.4, -0.2) is 80.4 Å². The first-order valence-electron chi connectivity index (χ1n) is 11.1. The van der Waals surface area contributed by atoms with E-state index < -0.39 is 0 Å². The lowest BCUT2D eigenvalue weighted by atomic mass is 9.37. The smallest absolute Gasteiger partial charge is 0.255 e. The summed E-state index contributed by atoms with van der Waals surface area (Å²) in [7, 11) is 16.9. The van der Waals surface area contributed by atoms with Crippen LogP contribution >= 0.6 is 0 Å². The molecule has 3 aromatic heterocycles. The van der Waals surface area contributed by atoms with Crippen molar-refractivity contribution in [3.63, 3.8) is 0 Å². The van der Waals surface area contributed by atoms with Gasteiger partial charge in [0.1, 0.15) is 37.2 Å². The first-order valence-corrected chi connectivity index (χ1v) is 11.1. The summed E-state index contributed by atoms with van der Waals surface area (Å²) in [6, 6.07) is 3.88. The summed E-state index contributed by atoms with van der Waals surface area (Å²) in [6.45, 7) is 0. The molecule has 1 aromatic carbocycles. The van der Waals surface area contributed by atoms with Gasteiger partial charge in [-0.3, -0.25) is 9.78 Å². The maximum absolute atomic E-state index is 13.4. The molecule has 0 aliphatic heterocycles. The van der Waals surface area contributed by atoms with Crippen molar-refractivity contribution in [3.8, 4) is 11.4 Å². The fourth-order valence-electron chi connectivity index (χ4n) is 4.81. The van der Waals surface area contributed by atoms with E-state index >= 15 is 0 Å². The Kier molecular flexibility index (Phi) is 5.85. The Morgan fingerprint density at radius 1 is 0.909 bits per heavy atom. The Morgan fingerprint density at radius 3 is 2.12 bits per heavy atom. The summed E-state index contributed by atoms with van der Waals surface area (Å²) in [5.41, 5.74) is 8.17. The number of carbonyl (C=O) groups excluding carboxylic acids is 1. The molecule has 0 aliphatic rings. The molecule has 0 aliphatic carbocycles. The van der Waals surface area contributed by atoms with Crippen LogP contribution in [0, 0.1) is 0 Å². The molecule has 0 bridgehead atoms. The second kappa shape index (κ2) is 8.36. The monoisotopic (exact) mass is 427 g/mol. The van der Waals surface area contributed by atoms with Gasteiger partial charge in [0.05, 0.1) is 47.5 Å². The van der Waals surface area contributed by atoms with Crippen molar-refractivity contribution < 1.29 is 4.79 Å². The van der Waals surface area contributed by atoms with Crippen molar-refractivity contribution in [1.82, 2.24) is 19.5 Å². The summed E-state index contributed by atoms with van der Waals surface area (Å²) in [6.07, 6.45) is 7.07. The van der Waals surface area contributed by atoms with Crippen molar-refractivity contribution in [3.05, 3.63) is 48.2 Å². The van der Waals surface area contributed by atoms with Crippen molar-refractivity contribution in [2.24, 2.45) is 7.05 Å². The fraction of sp³-hybridized carbons (Fsp3) is 0.100. The van der Waals surface area contributed by atoms with Crippen molar-refractivity contribution in [2.45, 2.75) is 5.11 Å². The number of hydrogen-bond acceptors (Lipinski definition) is 4. The molecule has 6 nitrogen and oxygen atoms in total. The van der Waals surface area contributed by atoms with Gasteiger partial charge < -0.3 is 9.88 Å². The summed E-state index contributed by atoms with van der Waals surface area (Å²) < 4.78 is 1.93. The number of anilines is 1. The molecule has 4 rings (SSSR count). The molecule has 156 valence electrons. The Balaban J connectivity index is 1.72. The molecule has 0 radical (unpaired) electrons. The van der Waals surface area contributed by atoms with Gasteiger partial charge in [-0.15, -0.1) is 0 Å². The zero-order chi connectivity index (χ0) is 24.1. The van der Waals surface area contributed by atoms with Gasteiger partial charge >= 0.3 is 0 Å². The average Bonchev–Trinajstić information content (AvgIpc) is 3.17. The lowest BCUT2D eigenvalue weighted by Crippen LogP contribution is -2.54. The second-order valence-electron chi connectivity index (χ2n) is 9.83. The van der Waals surface area contributed by atoms with Crippen LogP contribution in [0.15, 0.2) is 37.1 Å². The fourth-order valence-corrected chi connectivity index (χ4v) is 4.81. The highest BCUT2D eigenvalue weighted by atomic mass is 16.1. The van der Waals surface area contributed by atoms with E-state index in [9.17, 15) is 4.79 Å². The van der Waals surface area contributed by atoms with Crippen LogP contribution in [0.5, 0.6) is 0 Å². The van der Waals surface area contributed by atoms with Crippen LogP contribution in [-0.2, 0) is 12.2 Å². The van der Waals surface area contributed by atoms with Crippen molar-refractivity contribution >= 4 is 99.3 Å². The van der Waals surface area contributed by atoms with Crippen LogP contribution < -0.4 is 27.2 Å². The highest BCUT2D eigenvalue weighted by molar-refractivity contribution is 6.66. The molecule has 0 saturated carbocycles. The van der Waals surface area contributed by atoms with Crippen molar-refractivity contribution in [1.29, 1.82) is 0 Å².